The molecule has 0 fully saturated rings. The molecule has 1 aromatic rings. The van der Waals surface area contributed by atoms with Crippen LogP contribution in [0.2, 0.25) is 0 Å². The summed E-state index contributed by atoms with van der Waals surface area (Å²) in [5, 5.41) is 3.26. The van der Waals surface area contributed by atoms with E-state index in [0.717, 1.165) is 11.5 Å². The van der Waals surface area contributed by atoms with E-state index in [-0.39, 0.29) is 0 Å². The molecule has 1 N–H and O–H groups in total. The van der Waals surface area contributed by atoms with Gasteiger partial charge < -0.3 is 14.8 Å². The van der Waals surface area contributed by atoms with Crippen LogP contribution in [0.15, 0.2) is 18.2 Å². The van der Waals surface area contributed by atoms with Gasteiger partial charge in [-0.25, -0.2) is 0 Å². The zero-order chi connectivity index (χ0) is 10.8. The van der Waals surface area contributed by atoms with Gasteiger partial charge in [-0.15, -0.1) is 0 Å². The molecule has 15 heavy (non-hydrogen) atoms. The van der Waals surface area contributed by atoms with E-state index in [0.29, 0.717) is 18.8 Å². The Labute approximate surface area is 90.4 Å². The highest BCUT2D eigenvalue weighted by Gasteiger charge is 2.18. The summed E-state index contributed by atoms with van der Waals surface area (Å²) in [7, 11) is 1.98. The van der Waals surface area contributed by atoms with Crippen LogP contribution in [0.4, 0.5) is 0 Å². The van der Waals surface area contributed by atoms with E-state index in [2.05, 4.69) is 31.3 Å². The highest BCUT2D eigenvalue weighted by molar-refractivity contribution is 5.45. The minimum Gasteiger partial charge on any atom is -0.454 e. The van der Waals surface area contributed by atoms with Crippen molar-refractivity contribution in [3.8, 4) is 11.5 Å². The standard InChI is InChI=1S/C12H17NO2/c1-8(9(2)13-3)10-4-5-11-12(6-10)15-7-14-11/h4-6,8-9,13H,7H2,1-3H3. The van der Waals surface area contributed by atoms with E-state index < -0.39 is 0 Å². The Kier molecular flexibility index (Phi) is 2.82. The number of nitrogens with one attached hydrogen (secondary N) is 1. The number of rotatable bonds is 3. The monoisotopic (exact) mass is 207 g/mol. The van der Waals surface area contributed by atoms with E-state index in [1.165, 1.54) is 5.56 Å². The molecule has 0 radical (unpaired) electrons. The third-order valence-electron chi connectivity index (χ3n) is 3.13. The predicted molar refractivity (Wildman–Crippen MR) is 59.5 cm³/mol. The molecule has 2 unspecified atom stereocenters. The number of benzene rings is 1. The van der Waals surface area contributed by atoms with Gasteiger partial charge in [-0.1, -0.05) is 13.0 Å². The number of hydrogen-bond donors (Lipinski definition) is 1. The van der Waals surface area contributed by atoms with E-state index in [9.17, 15) is 0 Å². The first-order chi connectivity index (χ1) is 7.22. The molecule has 0 aliphatic carbocycles. The van der Waals surface area contributed by atoms with Crippen molar-refractivity contribution in [1.82, 2.24) is 5.32 Å². The number of likely N-dealkylation sites (N-methyl/N-ethyl adjacent to an activating group) is 1. The molecule has 1 aliphatic rings. The van der Waals surface area contributed by atoms with E-state index in [4.69, 9.17) is 9.47 Å². The smallest absolute Gasteiger partial charge is 0.231 e. The normalized spacial score (nSPS) is 17.5. The second-order valence-corrected chi connectivity index (χ2v) is 3.98. The van der Waals surface area contributed by atoms with Crippen LogP contribution in [-0.2, 0) is 0 Å². The molecule has 3 heteroatoms. The van der Waals surface area contributed by atoms with Gasteiger partial charge in [0, 0.05) is 6.04 Å². The second-order valence-electron chi connectivity index (χ2n) is 3.98. The summed E-state index contributed by atoms with van der Waals surface area (Å²) in [6.45, 7) is 4.72. The Morgan fingerprint density at radius 2 is 1.93 bits per heavy atom. The lowest BCUT2D eigenvalue weighted by Crippen LogP contribution is -2.27. The molecule has 82 valence electrons. The SMILES string of the molecule is CNC(C)C(C)c1ccc2c(c1)OCO2. The molecule has 3 nitrogen and oxygen atoms in total. The van der Waals surface area contributed by atoms with Gasteiger partial charge in [0.25, 0.3) is 0 Å². The molecule has 0 bridgehead atoms. The summed E-state index contributed by atoms with van der Waals surface area (Å²) in [5.74, 6) is 2.18. The van der Waals surface area contributed by atoms with Crippen LogP contribution in [0, 0.1) is 0 Å². The highest BCUT2D eigenvalue weighted by atomic mass is 16.7. The Morgan fingerprint density at radius 3 is 2.67 bits per heavy atom. The van der Waals surface area contributed by atoms with Gasteiger partial charge in [0.15, 0.2) is 11.5 Å². The van der Waals surface area contributed by atoms with Crippen LogP contribution in [0.1, 0.15) is 25.3 Å². The highest BCUT2D eigenvalue weighted by Crippen LogP contribution is 2.35. The van der Waals surface area contributed by atoms with Crippen molar-refractivity contribution in [2.75, 3.05) is 13.8 Å². The third kappa shape index (κ3) is 1.92. The molecular weight excluding hydrogens is 190 g/mol. The van der Waals surface area contributed by atoms with Gasteiger partial charge >= 0.3 is 0 Å². The summed E-state index contributed by atoms with van der Waals surface area (Å²) in [6, 6.07) is 6.61. The van der Waals surface area contributed by atoms with Gasteiger partial charge in [0.2, 0.25) is 6.79 Å². The topological polar surface area (TPSA) is 30.5 Å². The van der Waals surface area contributed by atoms with Crippen LogP contribution in [0.5, 0.6) is 11.5 Å². The lowest BCUT2D eigenvalue weighted by molar-refractivity contribution is 0.174. The zero-order valence-corrected chi connectivity index (χ0v) is 9.41. The van der Waals surface area contributed by atoms with Gasteiger partial charge in [-0.3, -0.25) is 0 Å². The summed E-state index contributed by atoms with van der Waals surface area (Å²) >= 11 is 0. The lowest BCUT2D eigenvalue weighted by atomic mass is 9.94. The van der Waals surface area contributed by atoms with E-state index in [1.54, 1.807) is 0 Å². The molecule has 0 saturated carbocycles. The maximum absolute atomic E-state index is 5.36. The van der Waals surface area contributed by atoms with Crippen molar-refractivity contribution in [3.05, 3.63) is 23.8 Å². The van der Waals surface area contributed by atoms with Crippen molar-refractivity contribution < 1.29 is 9.47 Å². The van der Waals surface area contributed by atoms with Gasteiger partial charge in [-0.2, -0.15) is 0 Å². The Balaban J connectivity index is 2.22. The molecule has 1 aromatic carbocycles. The van der Waals surface area contributed by atoms with Crippen molar-refractivity contribution in [3.63, 3.8) is 0 Å². The minimum atomic E-state index is 0.342. The summed E-state index contributed by atoms with van der Waals surface area (Å²) < 4.78 is 10.6. The first-order valence-electron chi connectivity index (χ1n) is 5.29. The van der Waals surface area contributed by atoms with Crippen molar-refractivity contribution in [1.29, 1.82) is 0 Å². The molecule has 2 atom stereocenters. The first kappa shape index (κ1) is 10.3. The molecule has 1 heterocycles. The maximum Gasteiger partial charge on any atom is 0.231 e. The number of fused-ring (bicyclic) bond motifs is 1. The number of hydrogen-bond acceptors (Lipinski definition) is 3. The average Bonchev–Trinajstić information content (AvgIpc) is 2.73. The van der Waals surface area contributed by atoms with Crippen LogP contribution >= 0.6 is 0 Å². The largest absolute Gasteiger partial charge is 0.454 e. The van der Waals surface area contributed by atoms with Crippen LogP contribution in [-0.4, -0.2) is 19.9 Å². The second kappa shape index (κ2) is 4.11. The van der Waals surface area contributed by atoms with Crippen LogP contribution < -0.4 is 14.8 Å². The molecule has 1 aliphatic heterocycles. The van der Waals surface area contributed by atoms with Crippen molar-refractivity contribution in [2.45, 2.75) is 25.8 Å². The molecule has 0 aromatic heterocycles. The Morgan fingerprint density at radius 1 is 1.20 bits per heavy atom. The van der Waals surface area contributed by atoms with Gasteiger partial charge in [0.1, 0.15) is 0 Å². The van der Waals surface area contributed by atoms with Crippen molar-refractivity contribution in [2.24, 2.45) is 0 Å². The molecule has 2 rings (SSSR count). The molecule has 0 amide bonds. The van der Waals surface area contributed by atoms with Crippen LogP contribution in [0.25, 0.3) is 0 Å². The van der Waals surface area contributed by atoms with Crippen molar-refractivity contribution >= 4 is 0 Å². The average molecular weight is 207 g/mol. The Hall–Kier alpha value is -1.22. The van der Waals surface area contributed by atoms with E-state index in [1.807, 2.05) is 13.1 Å². The summed E-state index contributed by atoms with van der Waals surface area (Å²) in [4.78, 5) is 0. The summed E-state index contributed by atoms with van der Waals surface area (Å²) in [6.07, 6.45) is 0. The third-order valence-corrected chi connectivity index (χ3v) is 3.13. The minimum absolute atomic E-state index is 0.342. The molecule has 0 spiro atoms. The van der Waals surface area contributed by atoms with Gasteiger partial charge in [0.05, 0.1) is 0 Å². The zero-order valence-electron chi connectivity index (χ0n) is 9.41. The Bertz CT molecular complexity index is 351. The fourth-order valence-corrected chi connectivity index (χ4v) is 1.74. The fourth-order valence-electron chi connectivity index (χ4n) is 1.74. The maximum atomic E-state index is 5.36. The van der Waals surface area contributed by atoms with Crippen LogP contribution in [0.3, 0.4) is 0 Å². The summed E-state index contributed by atoms with van der Waals surface area (Å²) in [5.41, 5.74) is 1.28. The lowest BCUT2D eigenvalue weighted by Gasteiger charge is -2.19. The molecular formula is C12H17NO2. The van der Waals surface area contributed by atoms with E-state index >= 15 is 0 Å². The molecule has 0 saturated heterocycles. The predicted octanol–water partition coefficient (Wildman–Crippen LogP) is 2.13. The quantitative estimate of drug-likeness (QED) is 0.823. The first-order valence-corrected chi connectivity index (χ1v) is 5.29. The fraction of sp³-hybridized carbons (Fsp3) is 0.500. The van der Waals surface area contributed by atoms with Gasteiger partial charge in [-0.05, 0) is 37.6 Å². The number of ether oxygens (including phenoxy) is 2.